The molecule has 2 heteroatoms. The summed E-state index contributed by atoms with van der Waals surface area (Å²) in [6, 6.07) is 4.02. The van der Waals surface area contributed by atoms with E-state index < -0.39 is 11.6 Å². The normalized spacial score (nSPS) is 31.4. The minimum absolute atomic E-state index is 0.240. The predicted molar refractivity (Wildman–Crippen MR) is 86.7 cm³/mol. The zero-order valence-corrected chi connectivity index (χ0v) is 13.2. The largest absolute Gasteiger partial charge is 0.207 e. The van der Waals surface area contributed by atoms with Crippen molar-refractivity contribution in [1.82, 2.24) is 0 Å². The van der Waals surface area contributed by atoms with Crippen molar-refractivity contribution in [2.45, 2.75) is 50.9 Å². The molecule has 2 aliphatic carbocycles. The first-order chi connectivity index (χ1) is 10.6. The van der Waals surface area contributed by atoms with Crippen LogP contribution in [0, 0.1) is 23.5 Å². The molecule has 2 aliphatic rings. The lowest BCUT2D eigenvalue weighted by Crippen LogP contribution is -2.36. The van der Waals surface area contributed by atoms with Crippen LogP contribution in [0.4, 0.5) is 8.78 Å². The summed E-state index contributed by atoms with van der Waals surface area (Å²) >= 11 is 0. The molecule has 22 heavy (non-hydrogen) atoms. The van der Waals surface area contributed by atoms with Gasteiger partial charge in [0.05, 0.1) is 0 Å². The van der Waals surface area contributed by atoms with Crippen LogP contribution in [-0.2, 0) is 5.41 Å². The Morgan fingerprint density at radius 2 is 1.68 bits per heavy atom. The van der Waals surface area contributed by atoms with E-state index in [1.165, 1.54) is 31.4 Å². The van der Waals surface area contributed by atoms with Gasteiger partial charge in [0.1, 0.15) is 11.6 Å². The van der Waals surface area contributed by atoms with Gasteiger partial charge in [-0.1, -0.05) is 50.5 Å². The van der Waals surface area contributed by atoms with Gasteiger partial charge in [-0.2, -0.15) is 0 Å². The molecule has 0 aromatic heterocycles. The lowest BCUT2D eigenvalue weighted by atomic mass is 9.61. The third-order valence-electron chi connectivity index (χ3n) is 5.65. The number of rotatable bonds is 3. The van der Waals surface area contributed by atoms with Crippen molar-refractivity contribution in [1.29, 1.82) is 0 Å². The van der Waals surface area contributed by atoms with Crippen LogP contribution in [0.5, 0.6) is 0 Å². The molecule has 118 valence electrons. The first-order valence-electron chi connectivity index (χ1n) is 8.45. The molecule has 1 saturated carbocycles. The van der Waals surface area contributed by atoms with Crippen molar-refractivity contribution in [3.05, 3.63) is 59.7 Å². The molecule has 0 radical (unpaired) electrons. The van der Waals surface area contributed by atoms with Crippen molar-refractivity contribution >= 4 is 0 Å². The van der Waals surface area contributed by atoms with Gasteiger partial charge in [0, 0.05) is 11.5 Å². The van der Waals surface area contributed by atoms with E-state index in [9.17, 15) is 8.78 Å². The Morgan fingerprint density at radius 1 is 1.00 bits per heavy atom. The van der Waals surface area contributed by atoms with Crippen molar-refractivity contribution in [2.75, 3.05) is 0 Å². The van der Waals surface area contributed by atoms with Crippen LogP contribution < -0.4 is 0 Å². The minimum atomic E-state index is -0.473. The number of halogens is 2. The topological polar surface area (TPSA) is 0 Å². The molecule has 0 N–H and O–H groups in total. The van der Waals surface area contributed by atoms with Crippen LogP contribution in [0.3, 0.4) is 0 Å². The maximum atomic E-state index is 13.8. The van der Waals surface area contributed by atoms with Gasteiger partial charge < -0.3 is 0 Å². The van der Waals surface area contributed by atoms with Crippen LogP contribution >= 0.6 is 0 Å². The standard InChI is InChI=1S/C20H24F2/c1-2-15-6-8-16(9-7-15)20(10-4-3-5-11-20)17-12-18(21)14-19(22)13-17/h3-5,10,12-16H,2,6-9,11H2,1H3/t15-,16-,20?. The van der Waals surface area contributed by atoms with Gasteiger partial charge in [0.15, 0.2) is 0 Å². The van der Waals surface area contributed by atoms with Crippen molar-refractivity contribution in [3.63, 3.8) is 0 Å². The number of hydrogen-bond acceptors (Lipinski definition) is 0. The van der Waals surface area contributed by atoms with Crippen LogP contribution in [-0.4, -0.2) is 0 Å². The SMILES string of the molecule is CC[C@H]1CC[C@H](C2(c3cc(F)cc(F)c3)C=CC=CC2)CC1. The highest BCUT2D eigenvalue weighted by atomic mass is 19.1. The molecule has 0 spiro atoms. The average Bonchev–Trinajstić information content (AvgIpc) is 2.55. The van der Waals surface area contributed by atoms with E-state index in [-0.39, 0.29) is 5.41 Å². The van der Waals surface area contributed by atoms with Crippen LogP contribution in [0.1, 0.15) is 51.0 Å². The Bertz CT molecular complexity index is 559. The van der Waals surface area contributed by atoms with E-state index in [0.717, 1.165) is 36.8 Å². The smallest absolute Gasteiger partial charge is 0.126 e. The summed E-state index contributed by atoms with van der Waals surface area (Å²) in [5.74, 6) is 0.345. The highest BCUT2D eigenvalue weighted by Gasteiger charge is 2.40. The fourth-order valence-electron chi connectivity index (χ4n) is 4.30. The zero-order valence-electron chi connectivity index (χ0n) is 13.2. The predicted octanol–water partition coefficient (Wildman–Crippen LogP) is 5.94. The molecule has 1 unspecified atom stereocenters. The second-order valence-corrected chi connectivity index (χ2v) is 6.82. The van der Waals surface area contributed by atoms with Crippen LogP contribution in [0.2, 0.25) is 0 Å². The van der Waals surface area contributed by atoms with Crippen LogP contribution in [0.25, 0.3) is 0 Å². The summed E-state index contributed by atoms with van der Waals surface area (Å²) in [7, 11) is 0. The summed E-state index contributed by atoms with van der Waals surface area (Å²) in [4.78, 5) is 0. The highest BCUT2D eigenvalue weighted by molar-refractivity contribution is 5.37. The van der Waals surface area contributed by atoms with E-state index in [1.807, 2.05) is 12.2 Å². The monoisotopic (exact) mass is 302 g/mol. The van der Waals surface area contributed by atoms with Gasteiger partial charge in [0.25, 0.3) is 0 Å². The zero-order chi connectivity index (χ0) is 15.6. The maximum Gasteiger partial charge on any atom is 0.126 e. The summed E-state index contributed by atoms with van der Waals surface area (Å²) in [5.41, 5.74) is 0.557. The first kappa shape index (κ1) is 15.5. The number of benzene rings is 1. The molecule has 1 fully saturated rings. The van der Waals surface area contributed by atoms with E-state index >= 15 is 0 Å². The van der Waals surface area contributed by atoms with Gasteiger partial charge in [-0.3, -0.25) is 0 Å². The Morgan fingerprint density at radius 3 is 2.23 bits per heavy atom. The molecule has 0 heterocycles. The van der Waals surface area contributed by atoms with E-state index in [4.69, 9.17) is 0 Å². The van der Waals surface area contributed by atoms with Gasteiger partial charge in [-0.05, 0) is 48.8 Å². The third-order valence-corrected chi connectivity index (χ3v) is 5.65. The summed E-state index contributed by atoms with van der Waals surface area (Å²) in [6.07, 6.45) is 15.2. The van der Waals surface area contributed by atoms with Crippen molar-refractivity contribution in [2.24, 2.45) is 11.8 Å². The summed E-state index contributed by atoms with van der Waals surface area (Å²) in [5, 5.41) is 0. The molecule has 0 saturated heterocycles. The Hall–Kier alpha value is -1.44. The fraction of sp³-hybridized carbons (Fsp3) is 0.500. The van der Waals surface area contributed by atoms with Gasteiger partial charge >= 0.3 is 0 Å². The molecule has 0 bridgehead atoms. The van der Waals surface area contributed by atoms with Crippen molar-refractivity contribution < 1.29 is 8.78 Å². The Balaban J connectivity index is 1.95. The molecule has 1 aromatic carbocycles. The second kappa shape index (κ2) is 6.36. The molecule has 0 aliphatic heterocycles. The lowest BCUT2D eigenvalue weighted by molar-refractivity contribution is 0.197. The number of hydrogen-bond donors (Lipinski definition) is 0. The molecular weight excluding hydrogens is 278 g/mol. The third kappa shape index (κ3) is 2.88. The van der Waals surface area contributed by atoms with Crippen molar-refractivity contribution in [3.8, 4) is 0 Å². The van der Waals surface area contributed by atoms with Gasteiger partial charge in [0.2, 0.25) is 0 Å². The Kier molecular flexibility index (Phi) is 4.46. The lowest BCUT2D eigenvalue weighted by Gasteiger charge is -2.43. The van der Waals surface area contributed by atoms with E-state index in [1.54, 1.807) is 0 Å². The fourth-order valence-corrected chi connectivity index (χ4v) is 4.30. The molecule has 3 rings (SSSR count). The summed E-state index contributed by atoms with van der Waals surface area (Å²) < 4.78 is 27.5. The molecule has 0 nitrogen and oxygen atoms in total. The van der Waals surface area contributed by atoms with Gasteiger partial charge in [-0.15, -0.1) is 0 Å². The quantitative estimate of drug-likeness (QED) is 0.648. The Labute approximate surface area is 131 Å². The van der Waals surface area contributed by atoms with Gasteiger partial charge in [-0.25, -0.2) is 8.78 Å². The number of allylic oxidation sites excluding steroid dienone is 4. The maximum absolute atomic E-state index is 13.8. The molecule has 1 atom stereocenters. The minimum Gasteiger partial charge on any atom is -0.207 e. The average molecular weight is 302 g/mol. The van der Waals surface area contributed by atoms with E-state index in [0.29, 0.717) is 5.92 Å². The molecule has 1 aromatic rings. The van der Waals surface area contributed by atoms with E-state index in [2.05, 4.69) is 19.1 Å². The molecule has 0 amide bonds. The highest BCUT2D eigenvalue weighted by Crippen LogP contribution is 2.47. The second-order valence-electron chi connectivity index (χ2n) is 6.82. The first-order valence-corrected chi connectivity index (χ1v) is 8.45. The molecular formula is C20H24F2. The van der Waals surface area contributed by atoms with Crippen LogP contribution in [0.15, 0.2) is 42.5 Å². The summed E-state index contributed by atoms with van der Waals surface area (Å²) in [6.45, 7) is 2.26.